The van der Waals surface area contributed by atoms with Crippen LogP contribution in [0.1, 0.15) is 31.9 Å². The average molecular weight is 327 g/mol. The van der Waals surface area contributed by atoms with Crippen LogP contribution in [-0.4, -0.2) is 10.6 Å². The van der Waals surface area contributed by atoms with Crippen LogP contribution in [0.25, 0.3) is 11.3 Å². The Bertz CT molecular complexity index is 912. The van der Waals surface area contributed by atoms with Crippen molar-refractivity contribution < 1.29 is 4.74 Å². The second-order valence-corrected chi connectivity index (χ2v) is 6.74. The number of hydrogen-bond acceptors (Lipinski definition) is 2. The smallest absolute Gasteiger partial charge is 0.214 e. The lowest BCUT2D eigenvalue weighted by atomic mass is 10.0. The third kappa shape index (κ3) is 4.71. The van der Waals surface area contributed by atoms with Gasteiger partial charge in [0.2, 0.25) is 5.88 Å². The molecule has 0 fully saturated rings. The van der Waals surface area contributed by atoms with Crippen LogP contribution in [0.3, 0.4) is 0 Å². The Morgan fingerprint density at radius 2 is 1.48 bits per heavy atom. The SMILES string of the molecule is CC(C)(C)Oc1cccc(-c2ccccc2C#Cc2ccccc2)n1. The fraction of sp³-hybridized carbons (Fsp3) is 0.174. The van der Waals surface area contributed by atoms with Crippen molar-refractivity contribution in [2.24, 2.45) is 0 Å². The minimum atomic E-state index is -0.280. The Hall–Kier alpha value is -3.05. The lowest BCUT2D eigenvalue weighted by molar-refractivity contribution is 0.124. The number of nitrogens with zero attached hydrogens (tertiary/aromatic N) is 1. The molecule has 0 spiro atoms. The molecule has 0 amide bonds. The first kappa shape index (κ1) is 16.8. The van der Waals surface area contributed by atoms with Gasteiger partial charge in [0, 0.05) is 22.8 Å². The highest BCUT2D eigenvalue weighted by Gasteiger charge is 2.13. The van der Waals surface area contributed by atoms with Crippen LogP contribution in [0.2, 0.25) is 0 Å². The summed E-state index contributed by atoms with van der Waals surface area (Å²) in [7, 11) is 0. The maximum absolute atomic E-state index is 5.89. The third-order valence-corrected chi connectivity index (χ3v) is 3.45. The van der Waals surface area contributed by atoms with Crippen LogP contribution < -0.4 is 4.74 Å². The standard InChI is InChI=1S/C23H21NO/c1-23(2,3)25-22-15-9-14-21(24-22)20-13-8-7-12-19(20)17-16-18-10-5-4-6-11-18/h4-15H,1-3H3. The van der Waals surface area contributed by atoms with Crippen molar-refractivity contribution in [3.8, 4) is 29.0 Å². The van der Waals surface area contributed by atoms with Crippen LogP contribution in [0.5, 0.6) is 5.88 Å². The van der Waals surface area contributed by atoms with E-state index in [9.17, 15) is 0 Å². The summed E-state index contributed by atoms with van der Waals surface area (Å²) in [5.74, 6) is 7.10. The van der Waals surface area contributed by atoms with Gasteiger partial charge >= 0.3 is 0 Å². The Labute approximate surface area is 149 Å². The van der Waals surface area contributed by atoms with Crippen LogP contribution in [0, 0.1) is 11.8 Å². The van der Waals surface area contributed by atoms with E-state index in [0.717, 1.165) is 22.4 Å². The fourth-order valence-corrected chi connectivity index (χ4v) is 2.41. The molecule has 25 heavy (non-hydrogen) atoms. The van der Waals surface area contributed by atoms with Crippen molar-refractivity contribution in [2.75, 3.05) is 0 Å². The van der Waals surface area contributed by atoms with Gasteiger partial charge in [0.05, 0.1) is 5.69 Å². The van der Waals surface area contributed by atoms with Crippen molar-refractivity contribution >= 4 is 0 Å². The van der Waals surface area contributed by atoms with Crippen molar-refractivity contribution in [1.82, 2.24) is 4.98 Å². The van der Waals surface area contributed by atoms with Crippen molar-refractivity contribution in [1.29, 1.82) is 0 Å². The summed E-state index contributed by atoms with van der Waals surface area (Å²) in [6.07, 6.45) is 0. The highest BCUT2D eigenvalue weighted by molar-refractivity contribution is 5.69. The number of hydrogen-bond donors (Lipinski definition) is 0. The van der Waals surface area contributed by atoms with E-state index < -0.39 is 0 Å². The topological polar surface area (TPSA) is 22.1 Å². The van der Waals surface area contributed by atoms with E-state index in [1.54, 1.807) is 0 Å². The molecule has 124 valence electrons. The van der Waals surface area contributed by atoms with Crippen LogP contribution in [0.4, 0.5) is 0 Å². The molecule has 0 unspecified atom stereocenters. The van der Waals surface area contributed by atoms with E-state index in [1.807, 2.05) is 93.6 Å². The first-order chi connectivity index (χ1) is 12.0. The molecule has 0 bridgehead atoms. The molecule has 0 radical (unpaired) electrons. The van der Waals surface area contributed by atoms with Gasteiger partial charge in [0.15, 0.2) is 0 Å². The van der Waals surface area contributed by atoms with E-state index in [4.69, 9.17) is 4.74 Å². The molecule has 2 heteroatoms. The van der Waals surface area contributed by atoms with Crippen molar-refractivity contribution in [2.45, 2.75) is 26.4 Å². The molecule has 0 saturated heterocycles. The molecular weight excluding hydrogens is 306 g/mol. The summed E-state index contributed by atoms with van der Waals surface area (Å²) in [5.41, 5.74) is 3.53. The van der Waals surface area contributed by atoms with Gasteiger partial charge in [-0.3, -0.25) is 0 Å². The summed E-state index contributed by atoms with van der Waals surface area (Å²) in [6.45, 7) is 6.04. The highest BCUT2D eigenvalue weighted by Crippen LogP contribution is 2.24. The number of pyridine rings is 1. The Balaban J connectivity index is 1.97. The Morgan fingerprint density at radius 3 is 2.24 bits per heavy atom. The van der Waals surface area contributed by atoms with E-state index in [2.05, 4.69) is 16.8 Å². The molecular formula is C23H21NO. The summed E-state index contributed by atoms with van der Waals surface area (Å²) in [5, 5.41) is 0. The normalized spacial score (nSPS) is 10.7. The Morgan fingerprint density at radius 1 is 0.760 bits per heavy atom. The van der Waals surface area contributed by atoms with Crippen molar-refractivity contribution in [3.05, 3.63) is 83.9 Å². The van der Waals surface area contributed by atoms with Crippen LogP contribution in [0.15, 0.2) is 72.8 Å². The first-order valence-corrected chi connectivity index (χ1v) is 8.34. The quantitative estimate of drug-likeness (QED) is 0.594. The average Bonchev–Trinajstić information content (AvgIpc) is 2.60. The zero-order chi connectivity index (χ0) is 17.7. The summed E-state index contributed by atoms with van der Waals surface area (Å²) >= 11 is 0. The van der Waals surface area contributed by atoms with Crippen LogP contribution >= 0.6 is 0 Å². The highest BCUT2D eigenvalue weighted by atomic mass is 16.5. The fourth-order valence-electron chi connectivity index (χ4n) is 2.41. The van der Waals surface area contributed by atoms with E-state index >= 15 is 0 Å². The molecule has 0 aliphatic carbocycles. The first-order valence-electron chi connectivity index (χ1n) is 8.34. The molecule has 0 saturated carbocycles. The van der Waals surface area contributed by atoms with Gasteiger partial charge < -0.3 is 4.74 Å². The number of aromatic nitrogens is 1. The van der Waals surface area contributed by atoms with Gasteiger partial charge in [-0.05, 0) is 45.0 Å². The summed E-state index contributed by atoms with van der Waals surface area (Å²) < 4.78 is 5.89. The molecule has 1 heterocycles. The van der Waals surface area contributed by atoms with Gasteiger partial charge in [-0.2, -0.15) is 0 Å². The van der Waals surface area contributed by atoms with Gasteiger partial charge in [0.25, 0.3) is 0 Å². The zero-order valence-corrected chi connectivity index (χ0v) is 14.8. The molecule has 2 aromatic carbocycles. The van der Waals surface area contributed by atoms with Crippen molar-refractivity contribution in [3.63, 3.8) is 0 Å². The summed E-state index contributed by atoms with van der Waals surface area (Å²) in [6, 6.07) is 23.9. The second kappa shape index (κ2) is 7.23. The largest absolute Gasteiger partial charge is 0.472 e. The number of ether oxygens (including phenoxy) is 1. The van der Waals surface area contributed by atoms with E-state index in [0.29, 0.717) is 5.88 Å². The monoisotopic (exact) mass is 327 g/mol. The maximum atomic E-state index is 5.89. The van der Waals surface area contributed by atoms with Gasteiger partial charge in [0.1, 0.15) is 5.60 Å². The molecule has 0 atom stereocenters. The molecule has 3 aromatic rings. The minimum absolute atomic E-state index is 0.280. The molecule has 1 aromatic heterocycles. The van der Waals surface area contributed by atoms with Gasteiger partial charge in [-0.15, -0.1) is 0 Å². The maximum Gasteiger partial charge on any atom is 0.214 e. The van der Waals surface area contributed by atoms with Gasteiger partial charge in [-0.25, -0.2) is 4.98 Å². The number of rotatable bonds is 2. The minimum Gasteiger partial charge on any atom is -0.472 e. The van der Waals surface area contributed by atoms with E-state index in [1.165, 1.54) is 0 Å². The molecule has 0 N–H and O–H groups in total. The lowest BCUT2D eigenvalue weighted by Crippen LogP contribution is -2.23. The number of benzene rings is 2. The molecule has 3 rings (SSSR count). The van der Waals surface area contributed by atoms with Crippen LogP contribution in [-0.2, 0) is 0 Å². The predicted octanol–water partition coefficient (Wildman–Crippen LogP) is 5.33. The molecule has 0 aliphatic rings. The van der Waals surface area contributed by atoms with Gasteiger partial charge in [-0.1, -0.05) is 54.3 Å². The predicted molar refractivity (Wildman–Crippen MR) is 102 cm³/mol. The third-order valence-electron chi connectivity index (χ3n) is 3.45. The van der Waals surface area contributed by atoms with E-state index in [-0.39, 0.29) is 5.60 Å². The molecule has 2 nitrogen and oxygen atoms in total. The molecule has 0 aliphatic heterocycles. The Kier molecular flexibility index (Phi) is 4.86. The lowest BCUT2D eigenvalue weighted by Gasteiger charge is -2.20. The zero-order valence-electron chi connectivity index (χ0n) is 14.8. The second-order valence-electron chi connectivity index (χ2n) is 6.74. The summed E-state index contributed by atoms with van der Waals surface area (Å²) in [4.78, 5) is 4.65.